The van der Waals surface area contributed by atoms with Crippen molar-refractivity contribution in [3.8, 4) is 6.07 Å². The van der Waals surface area contributed by atoms with Gasteiger partial charge < -0.3 is 4.98 Å². The number of nitrogens with one attached hydrogen (secondary N) is 1. The van der Waals surface area contributed by atoms with Gasteiger partial charge in [0.1, 0.15) is 6.07 Å². The number of hydrogen-bond donors (Lipinski definition) is 2. The Morgan fingerprint density at radius 1 is 1.83 bits per heavy atom. The van der Waals surface area contributed by atoms with E-state index in [9.17, 15) is 4.91 Å². The first-order valence-electron chi connectivity index (χ1n) is 3.09. The van der Waals surface area contributed by atoms with E-state index >= 15 is 0 Å². The summed E-state index contributed by atoms with van der Waals surface area (Å²) in [5, 5.41) is 8.51. The second kappa shape index (κ2) is 3.24. The molecule has 1 aromatic rings. The molecule has 0 amide bonds. The van der Waals surface area contributed by atoms with E-state index in [4.69, 9.17) is 22.6 Å². The highest BCUT2D eigenvalue weighted by molar-refractivity contribution is 6.16. The van der Waals surface area contributed by atoms with Gasteiger partial charge in [-0.3, -0.25) is 5.73 Å². The minimum Gasteiger partial charge on any atom is -0.339 e. The fourth-order valence-corrected chi connectivity index (χ4v) is 0.867. The molecular weight excluding hydrogens is 180 g/mol. The van der Waals surface area contributed by atoms with Gasteiger partial charge in [-0.2, -0.15) is 5.26 Å². The number of anilines is 1. The van der Waals surface area contributed by atoms with Crippen molar-refractivity contribution in [2.75, 3.05) is 5.73 Å². The number of rotatable bonds is 1. The maximum atomic E-state index is 10.9. The highest BCUT2D eigenvalue weighted by Gasteiger charge is 2.10. The van der Waals surface area contributed by atoms with Crippen LogP contribution in [-0.4, -0.2) is 4.98 Å². The number of nitrogens with zero attached hydrogens (tertiary/aromatic N) is 2. The van der Waals surface area contributed by atoms with Gasteiger partial charge in [-0.15, -0.1) is 11.6 Å². The van der Waals surface area contributed by atoms with Crippen LogP contribution in [0.4, 0.5) is 5.82 Å². The summed E-state index contributed by atoms with van der Waals surface area (Å²) in [6, 6.07) is 1.75. The SMILES string of the molecule is N#Cc1[nH]c(CCl)c[n+](=O)c1N. The number of halogens is 1. The van der Waals surface area contributed by atoms with Gasteiger partial charge in [0.15, 0.2) is 6.20 Å². The van der Waals surface area contributed by atoms with E-state index in [-0.39, 0.29) is 17.4 Å². The highest BCUT2D eigenvalue weighted by Crippen LogP contribution is 2.02. The molecule has 1 heterocycles. The lowest BCUT2D eigenvalue weighted by Gasteiger charge is -1.93. The van der Waals surface area contributed by atoms with Gasteiger partial charge in [-0.05, 0) is 0 Å². The summed E-state index contributed by atoms with van der Waals surface area (Å²) in [6.45, 7) is 0. The third-order valence-electron chi connectivity index (χ3n) is 1.31. The third kappa shape index (κ3) is 1.38. The summed E-state index contributed by atoms with van der Waals surface area (Å²) in [7, 11) is 0. The monoisotopic (exact) mass is 185 g/mol. The molecule has 62 valence electrons. The molecule has 6 heteroatoms. The van der Waals surface area contributed by atoms with E-state index in [0.717, 1.165) is 0 Å². The summed E-state index contributed by atoms with van der Waals surface area (Å²) < 4.78 is 0.409. The van der Waals surface area contributed by atoms with Crippen molar-refractivity contribution >= 4 is 17.4 Å². The maximum Gasteiger partial charge on any atom is 0.351 e. The molecule has 0 aromatic carbocycles. The fraction of sp³-hybridized carbons (Fsp3) is 0.167. The van der Waals surface area contributed by atoms with Crippen molar-refractivity contribution in [1.29, 1.82) is 5.26 Å². The van der Waals surface area contributed by atoms with Gasteiger partial charge in [0.25, 0.3) is 0 Å². The fourth-order valence-electron chi connectivity index (χ4n) is 0.731. The average Bonchev–Trinajstić information content (AvgIpc) is 2.09. The molecule has 0 fully saturated rings. The zero-order valence-electron chi connectivity index (χ0n) is 6.04. The average molecular weight is 186 g/mol. The van der Waals surface area contributed by atoms with Crippen LogP contribution in [-0.2, 0) is 5.88 Å². The second-order valence-electron chi connectivity index (χ2n) is 2.11. The minimum atomic E-state index is -0.147. The number of nitrogen functional groups attached to an aromatic ring is 1. The van der Waals surface area contributed by atoms with Crippen molar-refractivity contribution in [2.24, 2.45) is 0 Å². The Bertz CT molecular complexity index is 392. The number of nitrogens with two attached hydrogens (primary N) is 1. The predicted octanol–water partition coefficient (Wildman–Crippen LogP) is 0.122. The normalized spacial score (nSPS) is 9.33. The number of H-pyrrole nitrogens is 1. The molecule has 0 aliphatic carbocycles. The molecule has 5 nitrogen and oxygen atoms in total. The first kappa shape index (κ1) is 8.56. The zero-order chi connectivity index (χ0) is 9.14. The Hall–Kier alpha value is -1.54. The molecule has 3 N–H and O–H groups in total. The van der Waals surface area contributed by atoms with Crippen LogP contribution < -0.4 is 10.2 Å². The Balaban J connectivity index is 3.42. The number of hydrogen-bond acceptors (Lipinski definition) is 3. The molecule has 0 atom stereocenters. The topological polar surface area (TPSA) is 88.6 Å². The molecule has 1 rings (SSSR count). The Kier molecular flexibility index (Phi) is 2.31. The van der Waals surface area contributed by atoms with Crippen LogP contribution >= 0.6 is 11.6 Å². The summed E-state index contributed by atoms with van der Waals surface area (Å²) in [5.41, 5.74) is 5.76. The highest BCUT2D eigenvalue weighted by atomic mass is 35.5. The van der Waals surface area contributed by atoms with Crippen molar-refractivity contribution in [3.05, 3.63) is 22.5 Å². The largest absolute Gasteiger partial charge is 0.351 e. The van der Waals surface area contributed by atoms with Gasteiger partial charge in [0.2, 0.25) is 5.69 Å². The lowest BCUT2D eigenvalue weighted by molar-refractivity contribution is -0.479. The molecule has 0 radical (unpaired) electrons. The van der Waals surface area contributed by atoms with Gasteiger partial charge in [0.05, 0.1) is 11.6 Å². The van der Waals surface area contributed by atoms with Crippen LogP contribution in [0.5, 0.6) is 0 Å². The summed E-state index contributed by atoms with van der Waals surface area (Å²) in [4.78, 5) is 13.6. The Morgan fingerprint density at radius 3 is 3.00 bits per heavy atom. The van der Waals surface area contributed by atoms with E-state index < -0.39 is 0 Å². The van der Waals surface area contributed by atoms with Crippen molar-refractivity contribution in [3.63, 3.8) is 0 Å². The van der Waals surface area contributed by atoms with E-state index in [1.54, 1.807) is 6.07 Å². The predicted molar refractivity (Wildman–Crippen MR) is 42.8 cm³/mol. The molecule has 12 heavy (non-hydrogen) atoms. The molecule has 0 unspecified atom stereocenters. The maximum absolute atomic E-state index is 10.9. The second-order valence-corrected chi connectivity index (χ2v) is 2.38. The molecule has 0 saturated carbocycles. The third-order valence-corrected chi connectivity index (χ3v) is 1.60. The lowest BCUT2D eigenvalue weighted by atomic mass is 10.4. The van der Waals surface area contributed by atoms with Crippen molar-refractivity contribution in [1.82, 2.24) is 4.98 Å². The smallest absolute Gasteiger partial charge is 0.339 e. The van der Waals surface area contributed by atoms with E-state index in [1.165, 1.54) is 6.20 Å². The molecular formula is C6H6ClN4O+. The van der Waals surface area contributed by atoms with Gasteiger partial charge in [-0.1, -0.05) is 4.91 Å². The van der Waals surface area contributed by atoms with Gasteiger partial charge in [-0.25, -0.2) is 0 Å². The van der Waals surface area contributed by atoms with Crippen LogP contribution in [0, 0.1) is 16.2 Å². The number of nitriles is 1. The number of alkyl halides is 1. The first-order chi connectivity index (χ1) is 5.69. The van der Waals surface area contributed by atoms with Crippen molar-refractivity contribution in [2.45, 2.75) is 5.88 Å². The zero-order valence-corrected chi connectivity index (χ0v) is 6.80. The van der Waals surface area contributed by atoms with Crippen LogP contribution in [0.3, 0.4) is 0 Å². The first-order valence-corrected chi connectivity index (χ1v) is 3.62. The van der Waals surface area contributed by atoms with Crippen LogP contribution in [0.1, 0.15) is 11.4 Å². The molecule has 0 aliphatic rings. The standard InChI is InChI=1S/C6H6ClN4O/c7-1-4-3-11(12)6(9)5(2-8)10-4/h3H,1,9H2,(H,10,12)/q+1. The quantitative estimate of drug-likeness (QED) is 0.481. The lowest BCUT2D eigenvalue weighted by Crippen LogP contribution is -2.23. The minimum absolute atomic E-state index is 0.0307. The van der Waals surface area contributed by atoms with Crippen LogP contribution in [0.2, 0.25) is 0 Å². The number of aromatic nitrogens is 2. The number of aromatic amines is 1. The molecule has 0 saturated heterocycles. The summed E-state index contributed by atoms with van der Waals surface area (Å²) in [5.74, 6) is -0.0108. The van der Waals surface area contributed by atoms with Gasteiger partial charge >= 0.3 is 5.82 Å². The Morgan fingerprint density at radius 2 is 2.50 bits per heavy atom. The summed E-state index contributed by atoms with van der Waals surface area (Å²) >= 11 is 5.45. The summed E-state index contributed by atoms with van der Waals surface area (Å²) in [6.07, 6.45) is 1.20. The van der Waals surface area contributed by atoms with E-state index in [0.29, 0.717) is 10.1 Å². The van der Waals surface area contributed by atoms with Gasteiger partial charge in [0, 0.05) is 4.43 Å². The molecule has 0 spiro atoms. The van der Waals surface area contributed by atoms with E-state index in [1.807, 2.05) is 0 Å². The Labute approximate surface area is 73.0 Å². The molecule has 0 aliphatic heterocycles. The molecule has 0 bridgehead atoms. The van der Waals surface area contributed by atoms with E-state index in [2.05, 4.69) is 4.98 Å². The van der Waals surface area contributed by atoms with Crippen LogP contribution in [0.15, 0.2) is 6.20 Å². The van der Waals surface area contributed by atoms with Crippen LogP contribution in [0.25, 0.3) is 0 Å². The van der Waals surface area contributed by atoms with Crippen molar-refractivity contribution < 1.29 is 4.43 Å². The molecule has 1 aromatic heterocycles.